The number of carbonyl (C=O) groups excluding carboxylic acids is 1. The lowest BCUT2D eigenvalue weighted by molar-refractivity contribution is 0.102. The highest BCUT2D eigenvalue weighted by Crippen LogP contribution is 2.12. The fraction of sp³-hybridized carbons (Fsp3) is 0.133. The van der Waals surface area contributed by atoms with Crippen LogP contribution in [0.2, 0.25) is 0 Å². The minimum atomic E-state index is -0.319. The van der Waals surface area contributed by atoms with Crippen LogP contribution in [0.1, 0.15) is 22.0 Å². The first-order chi connectivity index (χ1) is 10.6. The van der Waals surface area contributed by atoms with E-state index in [1.165, 1.54) is 6.20 Å². The maximum absolute atomic E-state index is 12.0. The van der Waals surface area contributed by atoms with Gasteiger partial charge in [0.1, 0.15) is 17.3 Å². The molecule has 0 bridgehead atoms. The lowest BCUT2D eigenvalue weighted by Gasteiger charge is -2.07. The summed E-state index contributed by atoms with van der Waals surface area (Å²) in [7, 11) is 0. The van der Waals surface area contributed by atoms with Gasteiger partial charge in [-0.15, -0.1) is 0 Å². The Morgan fingerprint density at radius 2 is 1.91 bits per heavy atom. The number of anilines is 1. The van der Waals surface area contributed by atoms with Crippen LogP contribution in [0.4, 0.5) is 5.69 Å². The molecule has 0 aliphatic carbocycles. The number of pyridine rings is 1. The van der Waals surface area contributed by atoms with Crippen molar-refractivity contribution >= 4 is 11.6 Å². The molecule has 7 heteroatoms. The number of nitrogens with zero attached hydrogens (tertiary/aromatic N) is 5. The van der Waals surface area contributed by atoms with Crippen LogP contribution in [0.3, 0.4) is 0 Å². The molecule has 3 rings (SSSR count). The van der Waals surface area contributed by atoms with Gasteiger partial charge in [-0.05, 0) is 26.0 Å². The summed E-state index contributed by atoms with van der Waals surface area (Å²) in [5, 5.41) is 2.74. The van der Waals surface area contributed by atoms with Crippen molar-refractivity contribution in [1.29, 1.82) is 0 Å². The average Bonchev–Trinajstić information content (AvgIpc) is 2.95. The molecule has 3 heterocycles. The van der Waals surface area contributed by atoms with Crippen molar-refractivity contribution in [1.82, 2.24) is 24.5 Å². The first kappa shape index (κ1) is 13.9. The zero-order valence-corrected chi connectivity index (χ0v) is 12.2. The number of nitrogens with one attached hydrogen (secondary N) is 1. The summed E-state index contributed by atoms with van der Waals surface area (Å²) >= 11 is 0. The van der Waals surface area contributed by atoms with Crippen molar-refractivity contribution in [3.63, 3.8) is 0 Å². The first-order valence-corrected chi connectivity index (χ1v) is 6.70. The summed E-state index contributed by atoms with van der Waals surface area (Å²) < 4.78 is 1.86. The van der Waals surface area contributed by atoms with E-state index in [1.807, 2.05) is 30.7 Å². The highest BCUT2D eigenvalue weighted by Gasteiger charge is 2.09. The Bertz CT molecular complexity index is 792. The topological polar surface area (TPSA) is 85.6 Å². The van der Waals surface area contributed by atoms with Crippen LogP contribution in [-0.2, 0) is 0 Å². The molecule has 1 N–H and O–H groups in total. The Balaban J connectivity index is 1.75. The van der Waals surface area contributed by atoms with Gasteiger partial charge in [0.25, 0.3) is 5.91 Å². The van der Waals surface area contributed by atoms with Crippen molar-refractivity contribution in [2.24, 2.45) is 0 Å². The van der Waals surface area contributed by atoms with Gasteiger partial charge in [-0.3, -0.25) is 14.3 Å². The van der Waals surface area contributed by atoms with E-state index < -0.39 is 0 Å². The van der Waals surface area contributed by atoms with E-state index in [-0.39, 0.29) is 11.6 Å². The number of amides is 1. The van der Waals surface area contributed by atoms with Crippen LogP contribution in [0.15, 0.2) is 43.1 Å². The molecule has 0 atom stereocenters. The summed E-state index contributed by atoms with van der Waals surface area (Å²) in [5.41, 5.74) is 1.62. The minimum absolute atomic E-state index is 0.264. The molecule has 0 radical (unpaired) electrons. The zero-order chi connectivity index (χ0) is 15.5. The van der Waals surface area contributed by atoms with E-state index in [0.29, 0.717) is 5.69 Å². The lowest BCUT2D eigenvalue weighted by Crippen LogP contribution is -2.14. The maximum Gasteiger partial charge on any atom is 0.275 e. The second kappa shape index (κ2) is 5.72. The van der Waals surface area contributed by atoms with Gasteiger partial charge in [0, 0.05) is 18.6 Å². The predicted octanol–water partition coefficient (Wildman–Crippen LogP) is 1.93. The van der Waals surface area contributed by atoms with Gasteiger partial charge >= 0.3 is 0 Å². The third-order valence-corrected chi connectivity index (χ3v) is 3.09. The number of rotatable bonds is 3. The largest absolute Gasteiger partial charge is 0.319 e. The van der Waals surface area contributed by atoms with E-state index in [1.54, 1.807) is 24.7 Å². The predicted molar refractivity (Wildman–Crippen MR) is 80.8 cm³/mol. The molecule has 22 heavy (non-hydrogen) atoms. The highest BCUT2D eigenvalue weighted by atomic mass is 16.1. The smallest absolute Gasteiger partial charge is 0.275 e. The average molecular weight is 294 g/mol. The number of aromatic nitrogens is 5. The number of carbonyl (C=O) groups is 1. The molecule has 0 aliphatic heterocycles. The molecule has 0 fully saturated rings. The van der Waals surface area contributed by atoms with E-state index in [9.17, 15) is 4.79 Å². The van der Waals surface area contributed by atoms with Gasteiger partial charge < -0.3 is 5.32 Å². The molecule has 0 unspecified atom stereocenters. The Labute approximate surface area is 127 Å². The molecule has 110 valence electrons. The Kier molecular flexibility index (Phi) is 3.61. The fourth-order valence-corrected chi connectivity index (χ4v) is 1.93. The van der Waals surface area contributed by atoms with E-state index >= 15 is 0 Å². The molecular formula is C15H14N6O. The third-order valence-electron chi connectivity index (χ3n) is 3.09. The molecule has 1 amide bonds. The summed E-state index contributed by atoms with van der Waals surface area (Å²) in [6, 6.07) is 3.59. The van der Waals surface area contributed by atoms with Gasteiger partial charge in [0.05, 0.1) is 23.8 Å². The summed E-state index contributed by atoms with van der Waals surface area (Å²) in [6.45, 7) is 3.71. The second-order valence-corrected chi connectivity index (χ2v) is 4.75. The standard InChI is InChI=1S/C15H14N6O/c1-10-7-18-13(9-17-10)15(22)20-12-3-4-14(19-8-12)21-6-5-16-11(21)2/h3-9H,1-2H3,(H,20,22). The summed E-state index contributed by atoms with van der Waals surface area (Å²) in [6.07, 6.45) is 8.13. The highest BCUT2D eigenvalue weighted by molar-refractivity contribution is 6.02. The normalized spacial score (nSPS) is 10.5. The van der Waals surface area contributed by atoms with Gasteiger partial charge in [-0.1, -0.05) is 0 Å². The summed E-state index contributed by atoms with van der Waals surface area (Å²) in [5.74, 6) is 1.27. The van der Waals surface area contributed by atoms with Crippen LogP contribution in [-0.4, -0.2) is 30.4 Å². The number of aryl methyl sites for hydroxylation is 2. The number of imidazole rings is 1. The number of hydrogen-bond acceptors (Lipinski definition) is 5. The number of hydrogen-bond donors (Lipinski definition) is 1. The molecule has 0 spiro atoms. The van der Waals surface area contributed by atoms with Crippen molar-refractivity contribution in [2.75, 3.05) is 5.32 Å². The van der Waals surface area contributed by atoms with Crippen LogP contribution in [0.25, 0.3) is 5.82 Å². The second-order valence-electron chi connectivity index (χ2n) is 4.75. The van der Waals surface area contributed by atoms with E-state index in [4.69, 9.17) is 0 Å². The van der Waals surface area contributed by atoms with Crippen LogP contribution in [0, 0.1) is 13.8 Å². The quantitative estimate of drug-likeness (QED) is 0.797. The van der Waals surface area contributed by atoms with Gasteiger partial charge in [0.15, 0.2) is 0 Å². The Morgan fingerprint density at radius 1 is 1.05 bits per heavy atom. The fourth-order valence-electron chi connectivity index (χ4n) is 1.93. The van der Waals surface area contributed by atoms with Crippen LogP contribution < -0.4 is 5.32 Å². The van der Waals surface area contributed by atoms with E-state index in [0.717, 1.165) is 17.3 Å². The van der Waals surface area contributed by atoms with Gasteiger partial charge in [-0.25, -0.2) is 15.0 Å². The van der Waals surface area contributed by atoms with Crippen molar-refractivity contribution in [3.8, 4) is 5.82 Å². The SMILES string of the molecule is Cc1cnc(C(=O)Nc2ccc(-n3ccnc3C)nc2)cn1. The summed E-state index contributed by atoms with van der Waals surface area (Å²) in [4.78, 5) is 28.6. The first-order valence-electron chi connectivity index (χ1n) is 6.70. The monoisotopic (exact) mass is 294 g/mol. The van der Waals surface area contributed by atoms with E-state index in [2.05, 4.69) is 25.3 Å². The molecule has 0 aromatic carbocycles. The Hall–Kier alpha value is -3.09. The van der Waals surface area contributed by atoms with Crippen LogP contribution in [0.5, 0.6) is 0 Å². The zero-order valence-electron chi connectivity index (χ0n) is 12.2. The Morgan fingerprint density at radius 3 is 2.50 bits per heavy atom. The van der Waals surface area contributed by atoms with Gasteiger partial charge in [0.2, 0.25) is 0 Å². The van der Waals surface area contributed by atoms with Crippen molar-refractivity contribution < 1.29 is 4.79 Å². The van der Waals surface area contributed by atoms with Gasteiger partial charge in [-0.2, -0.15) is 0 Å². The molecule has 3 aromatic rings. The van der Waals surface area contributed by atoms with Crippen molar-refractivity contribution in [2.45, 2.75) is 13.8 Å². The molecule has 0 aliphatic rings. The maximum atomic E-state index is 12.0. The molecule has 7 nitrogen and oxygen atoms in total. The molecule has 0 saturated carbocycles. The molecule has 0 saturated heterocycles. The van der Waals surface area contributed by atoms with Crippen molar-refractivity contribution in [3.05, 3.63) is 60.3 Å². The minimum Gasteiger partial charge on any atom is -0.319 e. The lowest BCUT2D eigenvalue weighted by atomic mass is 10.3. The molecular weight excluding hydrogens is 280 g/mol. The third kappa shape index (κ3) is 2.83. The van der Waals surface area contributed by atoms with Crippen LogP contribution >= 0.6 is 0 Å². The molecule has 3 aromatic heterocycles.